The summed E-state index contributed by atoms with van der Waals surface area (Å²) in [4.78, 5) is 12.3. The van der Waals surface area contributed by atoms with Gasteiger partial charge in [-0.1, -0.05) is 48.5 Å². The van der Waals surface area contributed by atoms with Crippen LogP contribution in [0.25, 0.3) is 11.1 Å². The van der Waals surface area contributed by atoms with Crippen molar-refractivity contribution < 1.29 is 19.1 Å². The Hall–Kier alpha value is -3.05. The Bertz CT molecular complexity index is 874. The number of ether oxygens (including phenoxy) is 1. The van der Waals surface area contributed by atoms with Crippen LogP contribution in [0.5, 0.6) is 0 Å². The van der Waals surface area contributed by atoms with E-state index in [1.54, 1.807) is 18.4 Å². The summed E-state index contributed by atoms with van der Waals surface area (Å²) in [6, 6.07) is 19.5. The van der Waals surface area contributed by atoms with Crippen molar-refractivity contribution >= 4 is 6.09 Å². The van der Waals surface area contributed by atoms with Gasteiger partial charge < -0.3 is 19.6 Å². The molecule has 1 aromatic heterocycles. The smallest absolute Gasteiger partial charge is 0.407 e. The maximum absolute atomic E-state index is 12.3. The number of hydrogen-bond donors (Lipinski definition) is 2. The summed E-state index contributed by atoms with van der Waals surface area (Å²) in [6.07, 6.45) is 1.38. The number of furan rings is 1. The lowest BCUT2D eigenvalue weighted by Gasteiger charge is -2.18. The summed E-state index contributed by atoms with van der Waals surface area (Å²) < 4.78 is 10.9. The van der Waals surface area contributed by atoms with Crippen molar-refractivity contribution in [1.29, 1.82) is 0 Å². The molecule has 2 N–H and O–H groups in total. The Labute approximate surface area is 157 Å². The third kappa shape index (κ3) is 3.46. The van der Waals surface area contributed by atoms with Crippen molar-refractivity contribution in [2.45, 2.75) is 18.4 Å². The second kappa shape index (κ2) is 7.68. The van der Waals surface area contributed by atoms with Gasteiger partial charge >= 0.3 is 6.09 Å². The Morgan fingerprint density at radius 1 is 1.04 bits per heavy atom. The summed E-state index contributed by atoms with van der Waals surface area (Å²) in [7, 11) is 0. The first kappa shape index (κ1) is 17.4. The lowest BCUT2D eigenvalue weighted by Crippen LogP contribution is -2.30. The minimum Gasteiger partial charge on any atom is -0.467 e. The van der Waals surface area contributed by atoms with Crippen LogP contribution >= 0.6 is 0 Å². The van der Waals surface area contributed by atoms with Crippen molar-refractivity contribution in [2.75, 3.05) is 13.2 Å². The molecule has 3 aromatic rings. The van der Waals surface area contributed by atoms with Gasteiger partial charge in [0.25, 0.3) is 0 Å². The van der Waals surface area contributed by atoms with Crippen LogP contribution in [0.1, 0.15) is 35.3 Å². The average Bonchev–Trinajstić information content (AvgIpc) is 3.33. The lowest BCUT2D eigenvalue weighted by molar-refractivity contribution is 0.135. The molecule has 1 unspecified atom stereocenters. The van der Waals surface area contributed by atoms with E-state index < -0.39 is 12.1 Å². The maximum atomic E-state index is 12.3. The molecule has 0 saturated carbocycles. The highest BCUT2D eigenvalue weighted by molar-refractivity contribution is 5.79. The fourth-order valence-electron chi connectivity index (χ4n) is 3.69. The highest BCUT2D eigenvalue weighted by atomic mass is 16.5. The molecule has 2 aromatic carbocycles. The number of amides is 1. The molecule has 27 heavy (non-hydrogen) atoms. The molecule has 0 radical (unpaired) electrons. The van der Waals surface area contributed by atoms with Crippen molar-refractivity contribution in [3.63, 3.8) is 0 Å². The van der Waals surface area contributed by atoms with Crippen molar-refractivity contribution in [3.8, 4) is 11.1 Å². The SMILES string of the molecule is O=C(NC(CCO)c1ccco1)OCC1c2ccccc2-c2ccccc21. The van der Waals surface area contributed by atoms with Crippen molar-refractivity contribution in [1.82, 2.24) is 5.32 Å². The summed E-state index contributed by atoms with van der Waals surface area (Å²) in [6.45, 7) is 0.193. The van der Waals surface area contributed by atoms with Gasteiger partial charge in [-0.15, -0.1) is 0 Å². The van der Waals surface area contributed by atoms with Gasteiger partial charge in [-0.3, -0.25) is 0 Å². The molecule has 1 heterocycles. The van der Waals surface area contributed by atoms with Gasteiger partial charge in [0.05, 0.1) is 12.3 Å². The van der Waals surface area contributed by atoms with E-state index in [0.29, 0.717) is 12.2 Å². The van der Waals surface area contributed by atoms with E-state index in [1.165, 1.54) is 22.3 Å². The van der Waals surface area contributed by atoms with E-state index in [4.69, 9.17) is 9.15 Å². The first-order valence-electron chi connectivity index (χ1n) is 9.03. The normalized spacial score (nSPS) is 13.7. The summed E-state index contributed by atoms with van der Waals surface area (Å²) in [5.41, 5.74) is 4.72. The standard InChI is InChI=1S/C22H21NO4/c24-12-11-20(21-10-5-13-26-21)23-22(25)27-14-19-17-8-3-1-6-15(17)16-7-2-4-9-18(16)19/h1-10,13,19-20,24H,11-12,14H2,(H,23,25). The van der Waals surface area contributed by atoms with E-state index in [0.717, 1.165) is 0 Å². The van der Waals surface area contributed by atoms with E-state index in [9.17, 15) is 9.90 Å². The molecule has 0 spiro atoms. The van der Waals surface area contributed by atoms with Gasteiger partial charge in [0, 0.05) is 12.5 Å². The predicted octanol–water partition coefficient (Wildman–Crippen LogP) is 4.24. The predicted molar refractivity (Wildman–Crippen MR) is 101 cm³/mol. The van der Waals surface area contributed by atoms with Gasteiger partial charge in [0.1, 0.15) is 12.4 Å². The number of fused-ring (bicyclic) bond motifs is 3. The molecule has 1 amide bonds. The number of benzene rings is 2. The third-order valence-corrected chi connectivity index (χ3v) is 4.94. The Balaban J connectivity index is 1.46. The zero-order chi connectivity index (χ0) is 18.6. The number of aliphatic hydroxyl groups is 1. The molecule has 0 saturated heterocycles. The second-order valence-corrected chi connectivity index (χ2v) is 6.55. The number of carbonyl (C=O) groups excluding carboxylic acids is 1. The summed E-state index contributed by atoms with van der Waals surface area (Å²) in [5.74, 6) is 0.612. The number of carbonyl (C=O) groups is 1. The molecule has 138 valence electrons. The van der Waals surface area contributed by atoms with E-state index in [2.05, 4.69) is 29.6 Å². The highest BCUT2D eigenvalue weighted by Crippen LogP contribution is 2.44. The summed E-state index contributed by atoms with van der Waals surface area (Å²) in [5, 5.41) is 12.0. The van der Waals surface area contributed by atoms with Crippen molar-refractivity contribution in [3.05, 3.63) is 83.8 Å². The topological polar surface area (TPSA) is 71.7 Å². The first-order valence-corrected chi connectivity index (χ1v) is 9.03. The summed E-state index contributed by atoms with van der Waals surface area (Å²) >= 11 is 0. The molecule has 4 rings (SSSR count). The Morgan fingerprint density at radius 3 is 2.30 bits per heavy atom. The van der Waals surface area contributed by atoms with Crippen LogP contribution in [-0.4, -0.2) is 24.4 Å². The van der Waals surface area contributed by atoms with Crippen LogP contribution in [0.15, 0.2) is 71.3 Å². The Kier molecular flexibility index (Phi) is 4.94. The lowest BCUT2D eigenvalue weighted by atomic mass is 9.98. The number of aliphatic hydroxyl groups excluding tert-OH is 1. The van der Waals surface area contributed by atoms with Crippen LogP contribution in [0.2, 0.25) is 0 Å². The van der Waals surface area contributed by atoms with Crippen LogP contribution in [0, 0.1) is 0 Å². The van der Waals surface area contributed by atoms with Gasteiger partial charge in [-0.2, -0.15) is 0 Å². The molecular weight excluding hydrogens is 342 g/mol. The van der Waals surface area contributed by atoms with Gasteiger partial charge in [0.2, 0.25) is 0 Å². The fraction of sp³-hybridized carbons (Fsp3) is 0.227. The zero-order valence-corrected chi connectivity index (χ0v) is 14.8. The maximum Gasteiger partial charge on any atom is 0.407 e. The minimum absolute atomic E-state index is 0.0167. The van der Waals surface area contributed by atoms with E-state index in [-0.39, 0.29) is 19.1 Å². The Morgan fingerprint density at radius 2 is 1.70 bits per heavy atom. The molecule has 1 aliphatic carbocycles. The van der Waals surface area contributed by atoms with Crippen LogP contribution in [-0.2, 0) is 4.74 Å². The van der Waals surface area contributed by atoms with Gasteiger partial charge in [0.15, 0.2) is 0 Å². The molecule has 1 aliphatic rings. The highest BCUT2D eigenvalue weighted by Gasteiger charge is 2.29. The minimum atomic E-state index is -0.522. The average molecular weight is 363 g/mol. The van der Waals surface area contributed by atoms with E-state index >= 15 is 0 Å². The largest absolute Gasteiger partial charge is 0.467 e. The number of rotatable bonds is 6. The monoisotopic (exact) mass is 363 g/mol. The number of hydrogen-bond acceptors (Lipinski definition) is 4. The zero-order valence-electron chi connectivity index (χ0n) is 14.8. The van der Waals surface area contributed by atoms with Crippen LogP contribution in [0.4, 0.5) is 4.79 Å². The molecule has 1 atom stereocenters. The molecule has 5 nitrogen and oxygen atoms in total. The van der Waals surface area contributed by atoms with Gasteiger partial charge in [-0.25, -0.2) is 4.79 Å². The fourth-order valence-corrected chi connectivity index (χ4v) is 3.69. The van der Waals surface area contributed by atoms with Crippen LogP contribution < -0.4 is 5.32 Å². The number of alkyl carbamates (subject to hydrolysis) is 1. The second-order valence-electron chi connectivity index (χ2n) is 6.55. The first-order chi connectivity index (χ1) is 13.3. The van der Waals surface area contributed by atoms with Crippen LogP contribution in [0.3, 0.4) is 0 Å². The number of nitrogens with one attached hydrogen (secondary N) is 1. The van der Waals surface area contributed by atoms with Gasteiger partial charge in [-0.05, 0) is 40.8 Å². The molecular formula is C22H21NO4. The van der Waals surface area contributed by atoms with E-state index in [1.807, 2.05) is 24.3 Å². The molecule has 0 fully saturated rings. The van der Waals surface area contributed by atoms with Crippen molar-refractivity contribution in [2.24, 2.45) is 0 Å². The quantitative estimate of drug-likeness (QED) is 0.687. The molecule has 0 bridgehead atoms. The molecule has 0 aliphatic heterocycles. The third-order valence-electron chi connectivity index (χ3n) is 4.94. The molecule has 5 heteroatoms.